The van der Waals surface area contributed by atoms with Gasteiger partial charge in [0.05, 0.1) is 18.8 Å². The summed E-state index contributed by atoms with van der Waals surface area (Å²) in [7, 11) is 0. The Morgan fingerprint density at radius 3 is 3.00 bits per heavy atom. The zero-order valence-electron chi connectivity index (χ0n) is 9.70. The van der Waals surface area contributed by atoms with E-state index in [0.717, 1.165) is 32.5 Å². The Balaban J connectivity index is 1.67. The zero-order chi connectivity index (χ0) is 11.4. The summed E-state index contributed by atoms with van der Waals surface area (Å²) in [6.07, 6.45) is 1.85. The Kier molecular flexibility index (Phi) is 4.15. The molecule has 0 saturated carbocycles. The fraction of sp³-hybridized carbons (Fsp3) is 0.909. The van der Waals surface area contributed by atoms with E-state index in [1.165, 1.54) is 0 Å². The molecule has 16 heavy (non-hydrogen) atoms. The standard InChI is InChI=1S/C11H20N2O3/c1-8-2-3-10(16-8)11(14)13-7-9-6-12-4-5-15-9/h8-10,12H,2-7H2,1H3,(H,13,14). The molecule has 5 heteroatoms. The van der Waals surface area contributed by atoms with Crippen LogP contribution in [0.25, 0.3) is 0 Å². The first-order chi connectivity index (χ1) is 7.75. The number of hydrogen-bond donors (Lipinski definition) is 2. The van der Waals surface area contributed by atoms with Crippen LogP contribution in [0.4, 0.5) is 0 Å². The van der Waals surface area contributed by atoms with Gasteiger partial charge < -0.3 is 20.1 Å². The minimum Gasteiger partial charge on any atom is -0.374 e. The summed E-state index contributed by atoms with van der Waals surface area (Å²) in [5.41, 5.74) is 0. The fourth-order valence-corrected chi connectivity index (χ4v) is 2.07. The molecule has 1 amide bonds. The number of nitrogens with one attached hydrogen (secondary N) is 2. The molecule has 92 valence electrons. The molecule has 2 aliphatic rings. The first-order valence-electron chi connectivity index (χ1n) is 6.01. The Morgan fingerprint density at radius 2 is 2.38 bits per heavy atom. The molecule has 0 aliphatic carbocycles. The van der Waals surface area contributed by atoms with Gasteiger partial charge in [0, 0.05) is 19.6 Å². The number of carbonyl (C=O) groups is 1. The van der Waals surface area contributed by atoms with Crippen LogP contribution in [0.15, 0.2) is 0 Å². The number of morpholine rings is 1. The summed E-state index contributed by atoms with van der Waals surface area (Å²) >= 11 is 0. The molecule has 0 aromatic carbocycles. The van der Waals surface area contributed by atoms with Crippen molar-refractivity contribution in [1.29, 1.82) is 0 Å². The van der Waals surface area contributed by atoms with Crippen molar-refractivity contribution in [2.45, 2.75) is 38.1 Å². The lowest BCUT2D eigenvalue weighted by molar-refractivity contribution is -0.132. The minimum absolute atomic E-state index is 0.00137. The minimum atomic E-state index is -0.258. The molecular weight excluding hydrogens is 208 g/mol. The van der Waals surface area contributed by atoms with E-state index in [1.807, 2.05) is 6.92 Å². The Labute approximate surface area is 95.9 Å². The van der Waals surface area contributed by atoms with Crippen LogP contribution in [0, 0.1) is 0 Å². The van der Waals surface area contributed by atoms with Crippen molar-refractivity contribution in [3.05, 3.63) is 0 Å². The lowest BCUT2D eigenvalue weighted by atomic mass is 10.2. The highest BCUT2D eigenvalue weighted by molar-refractivity contribution is 5.81. The van der Waals surface area contributed by atoms with Gasteiger partial charge in [0.25, 0.3) is 0 Å². The number of amides is 1. The van der Waals surface area contributed by atoms with Gasteiger partial charge in [-0.3, -0.25) is 4.79 Å². The lowest BCUT2D eigenvalue weighted by Gasteiger charge is -2.24. The van der Waals surface area contributed by atoms with Gasteiger partial charge in [0.2, 0.25) is 5.91 Å². The molecule has 0 aromatic heterocycles. The normalized spacial score (nSPS) is 34.9. The van der Waals surface area contributed by atoms with Crippen LogP contribution in [-0.2, 0) is 14.3 Å². The SMILES string of the molecule is CC1CCC(C(=O)NCC2CNCCO2)O1. The second kappa shape index (κ2) is 5.61. The molecule has 2 aliphatic heterocycles. The quantitative estimate of drug-likeness (QED) is 0.694. The van der Waals surface area contributed by atoms with E-state index in [0.29, 0.717) is 6.54 Å². The van der Waals surface area contributed by atoms with Crippen molar-refractivity contribution < 1.29 is 14.3 Å². The third-order valence-electron chi connectivity index (χ3n) is 3.03. The first kappa shape index (κ1) is 11.8. The summed E-state index contributed by atoms with van der Waals surface area (Å²) in [6, 6.07) is 0. The Morgan fingerprint density at radius 1 is 1.50 bits per heavy atom. The van der Waals surface area contributed by atoms with E-state index in [9.17, 15) is 4.79 Å². The smallest absolute Gasteiger partial charge is 0.249 e. The monoisotopic (exact) mass is 228 g/mol. The molecule has 2 rings (SSSR count). The summed E-state index contributed by atoms with van der Waals surface area (Å²) in [5, 5.41) is 6.11. The maximum Gasteiger partial charge on any atom is 0.249 e. The van der Waals surface area contributed by atoms with Crippen LogP contribution in [0.5, 0.6) is 0 Å². The van der Waals surface area contributed by atoms with E-state index in [4.69, 9.17) is 9.47 Å². The van der Waals surface area contributed by atoms with Gasteiger partial charge in [-0.1, -0.05) is 0 Å². The van der Waals surface area contributed by atoms with E-state index in [-0.39, 0.29) is 24.2 Å². The molecular formula is C11H20N2O3. The number of carbonyl (C=O) groups excluding carboxylic acids is 1. The van der Waals surface area contributed by atoms with Gasteiger partial charge in [-0.25, -0.2) is 0 Å². The Hall–Kier alpha value is -0.650. The summed E-state index contributed by atoms with van der Waals surface area (Å²) < 4.78 is 11.0. The van der Waals surface area contributed by atoms with Gasteiger partial charge in [-0.2, -0.15) is 0 Å². The van der Waals surface area contributed by atoms with Crippen LogP contribution < -0.4 is 10.6 Å². The van der Waals surface area contributed by atoms with Gasteiger partial charge in [0.15, 0.2) is 0 Å². The molecule has 2 saturated heterocycles. The van der Waals surface area contributed by atoms with E-state index < -0.39 is 0 Å². The van der Waals surface area contributed by atoms with Gasteiger partial charge >= 0.3 is 0 Å². The van der Waals surface area contributed by atoms with Crippen molar-refractivity contribution in [3.63, 3.8) is 0 Å². The largest absolute Gasteiger partial charge is 0.374 e. The lowest BCUT2D eigenvalue weighted by Crippen LogP contribution is -2.47. The molecule has 5 nitrogen and oxygen atoms in total. The van der Waals surface area contributed by atoms with Crippen molar-refractivity contribution in [1.82, 2.24) is 10.6 Å². The summed E-state index contributed by atoms with van der Waals surface area (Å²) in [4.78, 5) is 11.7. The predicted octanol–water partition coefficient (Wildman–Crippen LogP) is -0.341. The third kappa shape index (κ3) is 3.17. The highest BCUT2D eigenvalue weighted by Crippen LogP contribution is 2.18. The number of rotatable bonds is 3. The maximum absolute atomic E-state index is 11.7. The van der Waals surface area contributed by atoms with Crippen LogP contribution in [0.3, 0.4) is 0 Å². The molecule has 2 N–H and O–H groups in total. The third-order valence-corrected chi connectivity index (χ3v) is 3.03. The molecule has 3 atom stereocenters. The molecule has 3 unspecified atom stereocenters. The predicted molar refractivity (Wildman–Crippen MR) is 59.2 cm³/mol. The van der Waals surface area contributed by atoms with Crippen molar-refractivity contribution in [2.24, 2.45) is 0 Å². The van der Waals surface area contributed by atoms with Crippen molar-refractivity contribution in [3.8, 4) is 0 Å². The van der Waals surface area contributed by atoms with E-state index >= 15 is 0 Å². The molecule has 0 spiro atoms. The average Bonchev–Trinajstić information content (AvgIpc) is 2.74. The van der Waals surface area contributed by atoms with E-state index in [2.05, 4.69) is 10.6 Å². The maximum atomic E-state index is 11.7. The fourth-order valence-electron chi connectivity index (χ4n) is 2.07. The van der Waals surface area contributed by atoms with Crippen molar-refractivity contribution in [2.75, 3.05) is 26.2 Å². The zero-order valence-corrected chi connectivity index (χ0v) is 9.70. The second-order valence-corrected chi connectivity index (χ2v) is 4.45. The molecule has 2 heterocycles. The molecule has 0 aromatic rings. The summed E-state index contributed by atoms with van der Waals surface area (Å²) in [5.74, 6) is -0.00137. The van der Waals surface area contributed by atoms with Gasteiger partial charge in [0.1, 0.15) is 6.10 Å². The highest BCUT2D eigenvalue weighted by Gasteiger charge is 2.28. The van der Waals surface area contributed by atoms with Gasteiger partial charge in [-0.15, -0.1) is 0 Å². The Bertz CT molecular complexity index is 241. The molecule has 0 radical (unpaired) electrons. The average molecular weight is 228 g/mol. The molecule has 0 bridgehead atoms. The number of hydrogen-bond acceptors (Lipinski definition) is 4. The topological polar surface area (TPSA) is 59.6 Å². The molecule has 2 fully saturated rings. The summed E-state index contributed by atoms with van der Waals surface area (Å²) in [6.45, 7) is 4.99. The van der Waals surface area contributed by atoms with Crippen LogP contribution >= 0.6 is 0 Å². The van der Waals surface area contributed by atoms with Crippen LogP contribution in [-0.4, -0.2) is 50.5 Å². The second-order valence-electron chi connectivity index (χ2n) is 4.45. The first-order valence-corrected chi connectivity index (χ1v) is 6.01. The van der Waals surface area contributed by atoms with Gasteiger partial charge in [-0.05, 0) is 19.8 Å². The van der Waals surface area contributed by atoms with E-state index in [1.54, 1.807) is 0 Å². The number of ether oxygens (including phenoxy) is 2. The highest BCUT2D eigenvalue weighted by atomic mass is 16.5. The van der Waals surface area contributed by atoms with Crippen molar-refractivity contribution >= 4 is 5.91 Å². The van der Waals surface area contributed by atoms with Crippen LogP contribution in [0.2, 0.25) is 0 Å². The van der Waals surface area contributed by atoms with Crippen LogP contribution in [0.1, 0.15) is 19.8 Å².